The van der Waals surface area contributed by atoms with Crippen molar-refractivity contribution in [3.05, 3.63) is 51.4 Å². The predicted octanol–water partition coefficient (Wildman–Crippen LogP) is 4.60. The Morgan fingerprint density at radius 2 is 2.11 bits per heavy atom. The first kappa shape index (κ1) is 12.7. The number of rotatable bonds is 2. The summed E-state index contributed by atoms with van der Waals surface area (Å²) in [7, 11) is 0. The van der Waals surface area contributed by atoms with E-state index in [4.69, 9.17) is 17.3 Å². The summed E-state index contributed by atoms with van der Waals surface area (Å²) in [5.41, 5.74) is 8.38. The third-order valence-corrected chi connectivity index (χ3v) is 4.35. The van der Waals surface area contributed by atoms with E-state index in [2.05, 4.69) is 21.0 Å². The molecule has 1 aromatic carbocycles. The Balaban J connectivity index is 2.06. The number of aromatic nitrogens is 2. The van der Waals surface area contributed by atoms with Gasteiger partial charge < -0.3 is 5.73 Å². The zero-order valence-corrected chi connectivity index (χ0v) is 12.8. The molecule has 0 aliphatic heterocycles. The molecular weight excluding hydrogens is 346 g/mol. The van der Waals surface area contributed by atoms with Crippen LogP contribution in [-0.2, 0) is 0 Å². The molecule has 3 nitrogen and oxygen atoms in total. The zero-order chi connectivity index (χ0) is 13.4. The van der Waals surface area contributed by atoms with Gasteiger partial charge in [0.15, 0.2) is 0 Å². The second-order valence-corrected chi connectivity index (χ2v) is 6.59. The van der Waals surface area contributed by atoms with Gasteiger partial charge in [0.25, 0.3) is 0 Å². The molecule has 96 valence electrons. The Bertz CT molecular complexity index is 735. The maximum Gasteiger partial charge on any atom is 0.126 e. The Kier molecular flexibility index (Phi) is 3.35. The topological polar surface area (TPSA) is 43.8 Å². The molecule has 0 fully saturated rings. The van der Waals surface area contributed by atoms with Crippen LogP contribution in [-0.4, -0.2) is 9.78 Å². The van der Waals surface area contributed by atoms with Gasteiger partial charge in [-0.05, 0) is 30.3 Å². The van der Waals surface area contributed by atoms with Crippen LogP contribution < -0.4 is 5.73 Å². The van der Waals surface area contributed by atoms with Crippen LogP contribution in [0.1, 0.15) is 0 Å². The maximum atomic E-state index is 6.03. The smallest absolute Gasteiger partial charge is 0.126 e. The molecule has 0 saturated carbocycles. The molecule has 3 rings (SSSR count). The molecule has 3 aromatic rings. The molecule has 19 heavy (non-hydrogen) atoms. The van der Waals surface area contributed by atoms with Crippen molar-refractivity contribution >= 4 is 44.6 Å². The lowest BCUT2D eigenvalue weighted by atomic mass is 10.3. The predicted molar refractivity (Wildman–Crippen MR) is 84.0 cm³/mol. The SMILES string of the molecule is Nc1cn(-c2cccc(Br)c2)nc1-c1ccc(Cl)s1. The molecule has 0 aliphatic rings. The Morgan fingerprint density at radius 1 is 1.26 bits per heavy atom. The quantitative estimate of drug-likeness (QED) is 0.731. The molecule has 0 spiro atoms. The van der Waals surface area contributed by atoms with Crippen molar-refractivity contribution in [3.8, 4) is 16.3 Å². The van der Waals surface area contributed by atoms with Crippen molar-refractivity contribution in [1.82, 2.24) is 9.78 Å². The van der Waals surface area contributed by atoms with Gasteiger partial charge in [0, 0.05) is 4.47 Å². The van der Waals surface area contributed by atoms with Crippen LogP contribution in [0.3, 0.4) is 0 Å². The van der Waals surface area contributed by atoms with Gasteiger partial charge in [-0.15, -0.1) is 11.3 Å². The van der Waals surface area contributed by atoms with E-state index in [0.29, 0.717) is 5.69 Å². The highest BCUT2D eigenvalue weighted by molar-refractivity contribution is 9.10. The fraction of sp³-hybridized carbons (Fsp3) is 0. The summed E-state index contributed by atoms with van der Waals surface area (Å²) in [6.45, 7) is 0. The van der Waals surface area contributed by atoms with Crippen molar-refractivity contribution in [2.45, 2.75) is 0 Å². The lowest BCUT2D eigenvalue weighted by Crippen LogP contribution is -1.94. The van der Waals surface area contributed by atoms with Crippen molar-refractivity contribution in [2.75, 3.05) is 5.73 Å². The molecule has 0 unspecified atom stereocenters. The summed E-state index contributed by atoms with van der Waals surface area (Å²) in [5, 5.41) is 4.53. The van der Waals surface area contributed by atoms with Gasteiger partial charge >= 0.3 is 0 Å². The molecule has 2 heterocycles. The minimum absolute atomic E-state index is 0.637. The molecule has 0 radical (unpaired) electrons. The number of anilines is 1. The van der Waals surface area contributed by atoms with E-state index in [1.165, 1.54) is 11.3 Å². The van der Waals surface area contributed by atoms with Crippen LogP contribution in [0.5, 0.6) is 0 Å². The second kappa shape index (κ2) is 5.00. The number of hydrogen-bond donors (Lipinski definition) is 1. The number of nitrogens with zero attached hydrogens (tertiary/aromatic N) is 2. The largest absolute Gasteiger partial charge is 0.396 e. The minimum atomic E-state index is 0.637. The zero-order valence-electron chi connectivity index (χ0n) is 9.68. The molecule has 2 N–H and O–H groups in total. The first-order valence-corrected chi connectivity index (χ1v) is 7.49. The van der Waals surface area contributed by atoms with E-state index in [9.17, 15) is 0 Å². The summed E-state index contributed by atoms with van der Waals surface area (Å²) in [6, 6.07) is 11.7. The van der Waals surface area contributed by atoms with Crippen molar-refractivity contribution in [2.24, 2.45) is 0 Å². The van der Waals surface area contributed by atoms with Crippen LogP contribution in [0.4, 0.5) is 5.69 Å². The summed E-state index contributed by atoms with van der Waals surface area (Å²) in [5.74, 6) is 0. The Labute approximate surface area is 127 Å². The Morgan fingerprint density at radius 3 is 2.79 bits per heavy atom. The monoisotopic (exact) mass is 353 g/mol. The molecule has 0 atom stereocenters. The fourth-order valence-corrected chi connectivity index (χ4v) is 3.21. The molecule has 6 heteroatoms. The number of benzene rings is 1. The second-order valence-electron chi connectivity index (χ2n) is 3.96. The lowest BCUT2D eigenvalue weighted by Gasteiger charge is -2.00. The highest BCUT2D eigenvalue weighted by Crippen LogP contribution is 2.33. The lowest BCUT2D eigenvalue weighted by molar-refractivity contribution is 0.884. The van der Waals surface area contributed by atoms with E-state index < -0.39 is 0 Å². The average molecular weight is 355 g/mol. The van der Waals surface area contributed by atoms with Gasteiger partial charge in [0.1, 0.15) is 5.69 Å². The number of nitrogens with two attached hydrogens (primary N) is 1. The van der Waals surface area contributed by atoms with E-state index in [0.717, 1.165) is 25.1 Å². The number of nitrogen functional groups attached to an aromatic ring is 1. The highest BCUT2D eigenvalue weighted by atomic mass is 79.9. The molecule has 2 aromatic heterocycles. The van der Waals surface area contributed by atoms with Crippen molar-refractivity contribution in [1.29, 1.82) is 0 Å². The Hall–Kier alpha value is -1.30. The van der Waals surface area contributed by atoms with E-state index in [1.54, 1.807) is 4.68 Å². The number of thiophene rings is 1. The molecule has 0 amide bonds. The molecule has 0 bridgehead atoms. The summed E-state index contributed by atoms with van der Waals surface area (Å²) in [6.07, 6.45) is 1.81. The maximum absolute atomic E-state index is 6.03. The van der Waals surface area contributed by atoms with Crippen LogP contribution in [0.25, 0.3) is 16.3 Å². The van der Waals surface area contributed by atoms with Gasteiger partial charge in [-0.25, -0.2) is 4.68 Å². The molecular formula is C13H9BrClN3S. The summed E-state index contributed by atoms with van der Waals surface area (Å²) < 4.78 is 3.49. The van der Waals surface area contributed by atoms with Crippen LogP contribution in [0, 0.1) is 0 Å². The van der Waals surface area contributed by atoms with Gasteiger partial charge in [0.2, 0.25) is 0 Å². The van der Waals surface area contributed by atoms with Crippen LogP contribution in [0.15, 0.2) is 47.1 Å². The van der Waals surface area contributed by atoms with E-state index >= 15 is 0 Å². The van der Waals surface area contributed by atoms with Crippen LogP contribution in [0.2, 0.25) is 4.34 Å². The highest BCUT2D eigenvalue weighted by Gasteiger charge is 2.11. The van der Waals surface area contributed by atoms with Gasteiger partial charge in [0.05, 0.1) is 26.8 Å². The van der Waals surface area contributed by atoms with Gasteiger partial charge in [-0.3, -0.25) is 0 Å². The van der Waals surface area contributed by atoms with Crippen molar-refractivity contribution < 1.29 is 0 Å². The number of hydrogen-bond acceptors (Lipinski definition) is 3. The molecule has 0 saturated heterocycles. The third kappa shape index (κ3) is 2.54. The fourth-order valence-electron chi connectivity index (χ4n) is 1.77. The molecule has 0 aliphatic carbocycles. The van der Waals surface area contributed by atoms with Gasteiger partial charge in [-0.1, -0.05) is 33.6 Å². The summed E-state index contributed by atoms with van der Waals surface area (Å²) >= 11 is 10.9. The van der Waals surface area contributed by atoms with Crippen LogP contribution >= 0.6 is 38.9 Å². The minimum Gasteiger partial charge on any atom is -0.396 e. The third-order valence-electron chi connectivity index (χ3n) is 2.62. The first-order chi connectivity index (χ1) is 9.13. The van der Waals surface area contributed by atoms with E-state index in [-0.39, 0.29) is 0 Å². The van der Waals surface area contributed by atoms with Crippen molar-refractivity contribution in [3.63, 3.8) is 0 Å². The first-order valence-electron chi connectivity index (χ1n) is 5.50. The van der Waals surface area contributed by atoms with E-state index in [1.807, 2.05) is 42.6 Å². The average Bonchev–Trinajstić information content (AvgIpc) is 2.95. The standard InChI is InChI=1S/C13H9BrClN3S/c14-8-2-1-3-9(6-8)18-7-10(16)13(17-18)11-4-5-12(15)19-11/h1-7H,16H2. The normalized spacial score (nSPS) is 10.8. The number of halogens is 2. The summed E-state index contributed by atoms with van der Waals surface area (Å²) in [4.78, 5) is 0.969. The van der Waals surface area contributed by atoms with Gasteiger partial charge in [-0.2, -0.15) is 5.10 Å².